The Labute approximate surface area is 174 Å². The van der Waals surface area contributed by atoms with Crippen molar-refractivity contribution in [1.82, 2.24) is 4.90 Å². The zero-order valence-corrected chi connectivity index (χ0v) is 16.9. The molecule has 2 aromatic carbocycles. The van der Waals surface area contributed by atoms with Crippen molar-refractivity contribution in [3.63, 3.8) is 0 Å². The Bertz CT molecular complexity index is 844. The van der Waals surface area contributed by atoms with Gasteiger partial charge in [-0.3, -0.25) is 9.69 Å². The number of hydrogen-bond donors (Lipinski definition) is 1. The molecule has 0 saturated carbocycles. The van der Waals surface area contributed by atoms with E-state index in [-0.39, 0.29) is 29.7 Å². The van der Waals surface area contributed by atoms with Crippen LogP contribution in [0.3, 0.4) is 0 Å². The molecular formula is C23H25F2NO4. The number of aliphatic hydroxyl groups excluding tert-OH is 1. The van der Waals surface area contributed by atoms with E-state index in [1.54, 1.807) is 24.3 Å². The van der Waals surface area contributed by atoms with Gasteiger partial charge in [-0.25, -0.2) is 8.78 Å². The average Bonchev–Trinajstić information content (AvgIpc) is 2.92. The van der Waals surface area contributed by atoms with Crippen LogP contribution in [0.1, 0.15) is 30.1 Å². The van der Waals surface area contributed by atoms with Crippen molar-refractivity contribution in [2.24, 2.45) is 5.92 Å². The van der Waals surface area contributed by atoms with Crippen LogP contribution in [0.2, 0.25) is 0 Å². The van der Waals surface area contributed by atoms with Gasteiger partial charge in [0.1, 0.15) is 17.7 Å². The highest BCUT2D eigenvalue weighted by Crippen LogP contribution is 2.42. The van der Waals surface area contributed by atoms with Crippen molar-refractivity contribution in [1.29, 1.82) is 0 Å². The van der Waals surface area contributed by atoms with Gasteiger partial charge in [0.25, 0.3) is 0 Å². The second kappa shape index (κ2) is 8.41. The van der Waals surface area contributed by atoms with Crippen LogP contribution < -0.4 is 0 Å². The molecule has 1 N–H and O–H groups in total. The van der Waals surface area contributed by atoms with Crippen LogP contribution in [0.15, 0.2) is 48.5 Å². The van der Waals surface area contributed by atoms with Crippen LogP contribution in [-0.4, -0.2) is 54.4 Å². The summed E-state index contributed by atoms with van der Waals surface area (Å²) >= 11 is 0. The van der Waals surface area contributed by atoms with Gasteiger partial charge in [-0.15, -0.1) is 0 Å². The zero-order valence-electron chi connectivity index (χ0n) is 16.9. The van der Waals surface area contributed by atoms with E-state index in [9.17, 15) is 18.7 Å². The van der Waals surface area contributed by atoms with Crippen molar-refractivity contribution in [2.45, 2.75) is 43.2 Å². The molecule has 0 radical (unpaired) electrons. The Balaban J connectivity index is 1.69. The first-order valence-electron chi connectivity index (χ1n) is 10.0. The minimum atomic E-state index is -0.622. The number of benzene rings is 2. The summed E-state index contributed by atoms with van der Waals surface area (Å²) < 4.78 is 38.5. The molecule has 2 fully saturated rings. The van der Waals surface area contributed by atoms with Gasteiger partial charge in [0.05, 0.1) is 25.2 Å². The first kappa shape index (κ1) is 20.9. The molecule has 160 valence electrons. The lowest BCUT2D eigenvalue weighted by Gasteiger charge is -2.42. The normalized spacial score (nSPS) is 28.7. The maximum absolute atomic E-state index is 13.5. The van der Waals surface area contributed by atoms with Gasteiger partial charge in [-0.05, 0) is 55.3 Å². The van der Waals surface area contributed by atoms with Gasteiger partial charge in [0.2, 0.25) is 0 Å². The van der Waals surface area contributed by atoms with Crippen LogP contribution in [0.5, 0.6) is 0 Å². The summed E-state index contributed by atoms with van der Waals surface area (Å²) in [7, 11) is 3.24. The van der Waals surface area contributed by atoms with Gasteiger partial charge in [-0.1, -0.05) is 24.3 Å². The number of halogens is 2. The second-order valence-electron chi connectivity index (χ2n) is 8.05. The van der Waals surface area contributed by atoms with E-state index in [0.717, 1.165) is 0 Å². The van der Waals surface area contributed by atoms with E-state index in [1.807, 2.05) is 11.9 Å². The predicted molar refractivity (Wildman–Crippen MR) is 106 cm³/mol. The molecule has 2 heterocycles. The van der Waals surface area contributed by atoms with Crippen LogP contribution in [0.25, 0.3) is 0 Å². The summed E-state index contributed by atoms with van der Waals surface area (Å²) in [6.07, 6.45) is -0.758. The summed E-state index contributed by atoms with van der Waals surface area (Å²) in [6, 6.07) is 11.5. The standard InChI is InChI=1S/C23H25F2NO4/c1-26-17-12-20(21(23(28)29-2)18(26)11-19(17)27)30-22(13-3-7-15(24)8-4-13)14-5-9-16(25)10-6-14/h3-10,17-22,27H,11-12H2,1-2H3/t17?,18?,19-,20?,21?/m0/s1. The van der Waals surface area contributed by atoms with Crippen LogP contribution >= 0.6 is 0 Å². The smallest absolute Gasteiger partial charge is 0.312 e. The number of hydrogen-bond acceptors (Lipinski definition) is 5. The molecule has 0 spiro atoms. The molecule has 2 aromatic rings. The summed E-state index contributed by atoms with van der Waals surface area (Å²) in [4.78, 5) is 14.7. The number of aliphatic hydroxyl groups is 1. The SMILES string of the molecule is COC(=O)C1C(OC(c2ccc(F)cc2)c2ccc(F)cc2)CC2[C@@H](O)CC1N2C. The minimum Gasteiger partial charge on any atom is -0.469 e. The van der Waals surface area contributed by atoms with E-state index in [1.165, 1.54) is 31.4 Å². The van der Waals surface area contributed by atoms with Crippen LogP contribution in [0.4, 0.5) is 8.78 Å². The number of ether oxygens (including phenoxy) is 2. The van der Waals surface area contributed by atoms with Crippen molar-refractivity contribution < 1.29 is 28.2 Å². The number of carbonyl (C=O) groups excluding carboxylic acids is 1. The van der Waals surface area contributed by atoms with E-state index < -0.39 is 24.2 Å². The highest BCUT2D eigenvalue weighted by Gasteiger charge is 2.54. The van der Waals surface area contributed by atoms with Crippen molar-refractivity contribution in [3.8, 4) is 0 Å². The molecule has 7 heteroatoms. The highest BCUT2D eigenvalue weighted by atomic mass is 19.1. The lowest BCUT2D eigenvalue weighted by Crippen LogP contribution is -2.54. The van der Waals surface area contributed by atoms with Crippen LogP contribution in [0, 0.1) is 17.6 Å². The summed E-state index contributed by atoms with van der Waals surface area (Å²) in [5.41, 5.74) is 1.39. The minimum absolute atomic E-state index is 0.122. The molecule has 0 amide bonds. The number of piperidine rings is 1. The average molecular weight is 417 g/mol. The van der Waals surface area contributed by atoms with Gasteiger partial charge in [-0.2, -0.15) is 0 Å². The molecule has 4 unspecified atom stereocenters. The maximum Gasteiger partial charge on any atom is 0.312 e. The molecule has 0 aliphatic carbocycles. The Hall–Kier alpha value is -2.35. The van der Waals surface area contributed by atoms with Crippen molar-refractivity contribution in [3.05, 3.63) is 71.3 Å². The molecule has 2 bridgehead atoms. The van der Waals surface area contributed by atoms with Gasteiger partial charge in [0.15, 0.2) is 0 Å². The fraction of sp³-hybridized carbons (Fsp3) is 0.435. The number of methoxy groups -OCH3 is 1. The lowest BCUT2D eigenvalue weighted by atomic mass is 9.87. The Kier molecular flexibility index (Phi) is 5.86. The van der Waals surface area contributed by atoms with E-state index in [2.05, 4.69) is 0 Å². The third-order valence-electron chi connectivity index (χ3n) is 6.39. The van der Waals surface area contributed by atoms with Crippen molar-refractivity contribution in [2.75, 3.05) is 14.2 Å². The predicted octanol–water partition coefficient (Wildman–Crippen LogP) is 3.07. The highest BCUT2D eigenvalue weighted by molar-refractivity contribution is 5.74. The number of rotatable bonds is 5. The molecule has 5 nitrogen and oxygen atoms in total. The molecular weight excluding hydrogens is 392 g/mol. The number of fused-ring (bicyclic) bond motifs is 2. The van der Waals surface area contributed by atoms with E-state index in [4.69, 9.17) is 9.47 Å². The molecule has 5 atom stereocenters. The van der Waals surface area contributed by atoms with Gasteiger partial charge >= 0.3 is 5.97 Å². The topological polar surface area (TPSA) is 59.0 Å². The monoisotopic (exact) mass is 417 g/mol. The number of esters is 1. The fourth-order valence-corrected chi connectivity index (χ4v) is 4.83. The quantitative estimate of drug-likeness (QED) is 0.758. The van der Waals surface area contributed by atoms with Crippen molar-refractivity contribution >= 4 is 5.97 Å². The maximum atomic E-state index is 13.5. The second-order valence-corrected chi connectivity index (χ2v) is 8.05. The largest absolute Gasteiger partial charge is 0.469 e. The molecule has 2 aliphatic heterocycles. The summed E-state index contributed by atoms with van der Waals surface area (Å²) in [5, 5.41) is 10.5. The third-order valence-corrected chi connectivity index (χ3v) is 6.39. The molecule has 4 rings (SSSR count). The van der Waals surface area contributed by atoms with Gasteiger partial charge in [0, 0.05) is 12.1 Å². The number of carbonyl (C=O) groups is 1. The third kappa shape index (κ3) is 3.85. The summed E-state index contributed by atoms with van der Waals surface area (Å²) in [5.74, 6) is -1.70. The molecule has 0 aromatic heterocycles. The zero-order chi connectivity index (χ0) is 21.4. The fourth-order valence-electron chi connectivity index (χ4n) is 4.83. The van der Waals surface area contributed by atoms with Gasteiger partial charge < -0.3 is 14.6 Å². The molecule has 2 saturated heterocycles. The molecule has 30 heavy (non-hydrogen) atoms. The van der Waals surface area contributed by atoms with Crippen LogP contribution in [-0.2, 0) is 14.3 Å². The summed E-state index contributed by atoms with van der Waals surface area (Å²) in [6.45, 7) is 0. The lowest BCUT2D eigenvalue weighted by molar-refractivity contribution is -0.162. The number of likely N-dealkylation sites (N-methyl/N-ethyl adjacent to an activating group) is 1. The Morgan fingerprint density at radius 2 is 1.53 bits per heavy atom. The Morgan fingerprint density at radius 3 is 2.03 bits per heavy atom. The number of nitrogens with zero attached hydrogens (tertiary/aromatic N) is 1. The first-order valence-corrected chi connectivity index (χ1v) is 10.0. The molecule has 2 aliphatic rings. The Morgan fingerprint density at radius 1 is 1.00 bits per heavy atom. The first-order chi connectivity index (χ1) is 14.4. The van der Waals surface area contributed by atoms with E-state index >= 15 is 0 Å². The van der Waals surface area contributed by atoms with E-state index in [0.29, 0.717) is 24.0 Å².